The Bertz CT molecular complexity index is 101. The Morgan fingerprint density at radius 1 is 1.62 bits per heavy atom. The smallest absolute Gasteiger partial charge is 0.00522 e. The van der Waals surface area contributed by atoms with Gasteiger partial charge in [0.1, 0.15) is 0 Å². The van der Waals surface area contributed by atoms with Crippen LogP contribution < -0.4 is 0 Å². The molecule has 0 saturated carbocycles. The number of allylic oxidation sites excluding steroid dienone is 4. The molecule has 0 aliphatic heterocycles. The Morgan fingerprint density at radius 2 is 2.25 bits per heavy atom. The van der Waals surface area contributed by atoms with Crippen molar-refractivity contribution in [3.05, 3.63) is 22.7 Å². The molecule has 0 fully saturated rings. The normalized spacial score (nSPS) is 13.1. The van der Waals surface area contributed by atoms with E-state index in [9.17, 15) is 0 Å². The predicted molar refractivity (Wildman–Crippen MR) is 42.1 cm³/mol. The molecular formula is C7H11Br. The summed E-state index contributed by atoms with van der Waals surface area (Å²) in [5.74, 6) is 0. The Kier molecular flexibility index (Phi) is 5.08. The highest BCUT2D eigenvalue weighted by molar-refractivity contribution is 9.11. The molecule has 0 nitrogen and oxygen atoms in total. The van der Waals surface area contributed by atoms with Crippen LogP contribution in [0.5, 0.6) is 0 Å². The second-order valence-electron chi connectivity index (χ2n) is 1.49. The van der Waals surface area contributed by atoms with Crippen LogP contribution in [-0.4, -0.2) is 0 Å². The third-order valence-electron chi connectivity index (χ3n) is 0.807. The molecule has 0 rings (SSSR count). The third-order valence-corrected chi connectivity index (χ3v) is 1.63. The third kappa shape index (κ3) is 4.13. The highest BCUT2D eigenvalue weighted by Crippen LogP contribution is 2.08. The molecule has 0 spiro atoms. The first-order chi connectivity index (χ1) is 3.81. The van der Waals surface area contributed by atoms with E-state index in [2.05, 4.69) is 28.9 Å². The summed E-state index contributed by atoms with van der Waals surface area (Å²) in [6.07, 6.45) is 7.16. The minimum atomic E-state index is 1.07. The fourth-order valence-corrected chi connectivity index (χ4v) is 0.471. The van der Waals surface area contributed by atoms with Crippen LogP contribution in [0.2, 0.25) is 0 Å². The van der Waals surface area contributed by atoms with Crippen molar-refractivity contribution in [3.8, 4) is 0 Å². The van der Waals surface area contributed by atoms with Crippen molar-refractivity contribution in [2.75, 3.05) is 0 Å². The molecule has 0 aromatic rings. The van der Waals surface area contributed by atoms with E-state index in [0.717, 1.165) is 6.42 Å². The lowest BCUT2D eigenvalue weighted by Crippen LogP contribution is -1.60. The highest BCUT2D eigenvalue weighted by Gasteiger charge is 1.78. The maximum atomic E-state index is 3.39. The van der Waals surface area contributed by atoms with Crippen LogP contribution in [0.4, 0.5) is 0 Å². The van der Waals surface area contributed by atoms with E-state index in [-0.39, 0.29) is 0 Å². The molecule has 0 aliphatic carbocycles. The summed E-state index contributed by atoms with van der Waals surface area (Å²) < 4.78 is 1.25. The minimum Gasteiger partial charge on any atom is -0.0876 e. The lowest BCUT2D eigenvalue weighted by atomic mass is 10.4. The van der Waals surface area contributed by atoms with Crippen LogP contribution in [0.3, 0.4) is 0 Å². The van der Waals surface area contributed by atoms with Gasteiger partial charge in [-0.1, -0.05) is 41.1 Å². The lowest BCUT2D eigenvalue weighted by Gasteiger charge is -1.84. The Hall–Kier alpha value is -0.0400. The molecule has 0 aliphatic rings. The van der Waals surface area contributed by atoms with Gasteiger partial charge in [0.25, 0.3) is 0 Å². The predicted octanol–water partition coefficient (Wildman–Crippen LogP) is 3.25. The number of hydrogen-bond acceptors (Lipinski definition) is 0. The van der Waals surface area contributed by atoms with Crippen molar-refractivity contribution in [2.24, 2.45) is 0 Å². The average molecular weight is 175 g/mol. The van der Waals surface area contributed by atoms with Crippen LogP contribution in [0.15, 0.2) is 22.7 Å². The number of halogens is 1. The standard InChI is InChI=1S/C7H11Br/c1-3-5-6-7(8)4-2/h3,5-6H,4H2,1-2H3/b5-3+,7-6+. The summed E-state index contributed by atoms with van der Waals surface area (Å²) >= 11 is 3.39. The molecule has 1 heteroatoms. The molecule has 0 unspecified atom stereocenters. The topological polar surface area (TPSA) is 0 Å². The van der Waals surface area contributed by atoms with Crippen LogP contribution in [0.25, 0.3) is 0 Å². The molecule has 0 atom stereocenters. The van der Waals surface area contributed by atoms with Gasteiger partial charge >= 0.3 is 0 Å². The van der Waals surface area contributed by atoms with Crippen molar-refractivity contribution in [3.63, 3.8) is 0 Å². The SMILES string of the molecule is C/C=C/C=C(/Br)CC. The van der Waals surface area contributed by atoms with Gasteiger partial charge in [0.15, 0.2) is 0 Å². The zero-order valence-electron chi connectivity index (χ0n) is 5.32. The molecule has 0 bridgehead atoms. The average Bonchev–Trinajstić information content (AvgIpc) is 1.83. The fourth-order valence-electron chi connectivity index (χ4n) is 0.318. The van der Waals surface area contributed by atoms with Gasteiger partial charge in [-0.25, -0.2) is 0 Å². The van der Waals surface area contributed by atoms with Gasteiger partial charge in [-0.15, -0.1) is 0 Å². The van der Waals surface area contributed by atoms with Crippen molar-refractivity contribution in [1.82, 2.24) is 0 Å². The number of rotatable bonds is 2. The van der Waals surface area contributed by atoms with E-state index in [1.165, 1.54) is 4.48 Å². The largest absolute Gasteiger partial charge is 0.0876 e. The first-order valence-electron chi connectivity index (χ1n) is 2.78. The molecule has 0 radical (unpaired) electrons. The van der Waals surface area contributed by atoms with E-state index < -0.39 is 0 Å². The molecule has 0 saturated heterocycles. The lowest BCUT2D eigenvalue weighted by molar-refractivity contribution is 1.21. The van der Waals surface area contributed by atoms with Crippen molar-refractivity contribution >= 4 is 15.9 Å². The Balaban J connectivity index is 3.57. The second-order valence-corrected chi connectivity index (χ2v) is 2.51. The maximum absolute atomic E-state index is 3.39. The van der Waals surface area contributed by atoms with Gasteiger partial charge in [0.05, 0.1) is 0 Å². The van der Waals surface area contributed by atoms with Crippen molar-refractivity contribution in [1.29, 1.82) is 0 Å². The number of hydrogen-bond donors (Lipinski definition) is 0. The highest BCUT2D eigenvalue weighted by atomic mass is 79.9. The van der Waals surface area contributed by atoms with Gasteiger partial charge in [0.2, 0.25) is 0 Å². The van der Waals surface area contributed by atoms with E-state index >= 15 is 0 Å². The van der Waals surface area contributed by atoms with E-state index in [1.54, 1.807) is 0 Å². The molecule has 0 heterocycles. The zero-order valence-corrected chi connectivity index (χ0v) is 6.90. The van der Waals surface area contributed by atoms with E-state index in [4.69, 9.17) is 0 Å². The first-order valence-corrected chi connectivity index (χ1v) is 3.58. The summed E-state index contributed by atoms with van der Waals surface area (Å²) in [6, 6.07) is 0. The molecule has 0 N–H and O–H groups in total. The van der Waals surface area contributed by atoms with E-state index in [0.29, 0.717) is 0 Å². The van der Waals surface area contributed by atoms with E-state index in [1.807, 2.05) is 19.1 Å². The van der Waals surface area contributed by atoms with Crippen LogP contribution in [0, 0.1) is 0 Å². The fraction of sp³-hybridized carbons (Fsp3) is 0.429. The van der Waals surface area contributed by atoms with Crippen molar-refractivity contribution < 1.29 is 0 Å². The second kappa shape index (κ2) is 5.10. The quantitative estimate of drug-likeness (QED) is 0.565. The Morgan fingerprint density at radius 3 is 2.62 bits per heavy atom. The maximum Gasteiger partial charge on any atom is -0.00522 e. The summed E-state index contributed by atoms with van der Waals surface area (Å²) in [6.45, 7) is 4.12. The van der Waals surface area contributed by atoms with Crippen LogP contribution in [0.1, 0.15) is 20.3 Å². The van der Waals surface area contributed by atoms with Crippen LogP contribution >= 0.6 is 15.9 Å². The molecule has 0 aromatic heterocycles. The first kappa shape index (κ1) is 7.96. The summed E-state index contributed by atoms with van der Waals surface area (Å²) in [4.78, 5) is 0. The molecule has 8 heavy (non-hydrogen) atoms. The van der Waals surface area contributed by atoms with Gasteiger partial charge < -0.3 is 0 Å². The van der Waals surface area contributed by atoms with Gasteiger partial charge in [0, 0.05) is 0 Å². The van der Waals surface area contributed by atoms with Gasteiger partial charge in [-0.3, -0.25) is 0 Å². The van der Waals surface area contributed by atoms with Gasteiger partial charge in [-0.05, 0) is 17.8 Å². The Labute approximate surface area is 59.4 Å². The molecular weight excluding hydrogens is 164 g/mol. The monoisotopic (exact) mass is 174 g/mol. The summed E-state index contributed by atoms with van der Waals surface area (Å²) in [5.41, 5.74) is 0. The molecule has 46 valence electrons. The minimum absolute atomic E-state index is 1.07. The summed E-state index contributed by atoms with van der Waals surface area (Å²) in [7, 11) is 0. The summed E-state index contributed by atoms with van der Waals surface area (Å²) in [5, 5.41) is 0. The molecule has 0 aromatic carbocycles. The molecule has 0 amide bonds. The zero-order chi connectivity index (χ0) is 6.41. The van der Waals surface area contributed by atoms with Gasteiger partial charge in [-0.2, -0.15) is 0 Å². The van der Waals surface area contributed by atoms with Crippen LogP contribution in [-0.2, 0) is 0 Å². The van der Waals surface area contributed by atoms with Crippen molar-refractivity contribution in [2.45, 2.75) is 20.3 Å².